The SMILES string of the molecule is Cc1nnc(CN2CCN(c3ccc(C(F)(F)F)cn3)CC2)n1C. The van der Waals surface area contributed by atoms with E-state index in [0.29, 0.717) is 12.4 Å². The molecule has 130 valence electrons. The molecule has 0 unspecified atom stereocenters. The molecule has 1 fully saturated rings. The summed E-state index contributed by atoms with van der Waals surface area (Å²) in [5.74, 6) is 2.36. The number of piperazine rings is 1. The minimum Gasteiger partial charge on any atom is -0.354 e. The number of rotatable bonds is 3. The van der Waals surface area contributed by atoms with Crippen molar-refractivity contribution in [3.63, 3.8) is 0 Å². The molecule has 6 nitrogen and oxygen atoms in total. The Kier molecular flexibility index (Phi) is 4.44. The van der Waals surface area contributed by atoms with E-state index < -0.39 is 11.7 Å². The van der Waals surface area contributed by atoms with E-state index >= 15 is 0 Å². The zero-order valence-corrected chi connectivity index (χ0v) is 13.6. The first kappa shape index (κ1) is 16.7. The highest BCUT2D eigenvalue weighted by Gasteiger charge is 2.31. The molecule has 0 radical (unpaired) electrons. The lowest BCUT2D eigenvalue weighted by Crippen LogP contribution is -2.46. The molecule has 3 heterocycles. The van der Waals surface area contributed by atoms with Crippen LogP contribution in [0.1, 0.15) is 17.2 Å². The third kappa shape index (κ3) is 3.50. The molecule has 2 aromatic heterocycles. The van der Waals surface area contributed by atoms with E-state index in [1.165, 1.54) is 6.07 Å². The fourth-order valence-corrected chi connectivity index (χ4v) is 2.66. The Bertz CT molecular complexity index is 686. The van der Waals surface area contributed by atoms with Gasteiger partial charge in [0.05, 0.1) is 12.1 Å². The van der Waals surface area contributed by atoms with E-state index in [-0.39, 0.29) is 0 Å². The van der Waals surface area contributed by atoms with Gasteiger partial charge in [0.2, 0.25) is 0 Å². The summed E-state index contributed by atoms with van der Waals surface area (Å²) in [5, 5.41) is 8.20. The van der Waals surface area contributed by atoms with E-state index in [1.54, 1.807) is 0 Å². The molecular weight excluding hydrogens is 321 g/mol. The molecule has 3 rings (SSSR count). The third-order valence-corrected chi connectivity index (χ3v) is 4.32. The van der Waals surface area contributed by atoms with E-state index in [0.717, 1.165) is 50.1 Å². The zero-order valence-electron chi connectivity index (χ0n) is 13.6. The Balaban J connectivity index is 1.58. The highest BCUT2D eigenvalue weighted by atomic mass is 19.4. The second kappa shape index (κ2) is 6.39. The maximum atomic E-state index is 12.6. The van der Waals surface area contributed by atoms with Crippen LogP contribution in [0.15, 0.2) is 18.3 Å². The van der Waals surface area contributed by atoms with E-state index in [2.05, 4.69) is 20.1 Å². The zero-order chi connectivity index (χ0) is 17.3. The predicted molar refractivity (Wildman–Crippen MR) is 82.5 cm³/mol. The molecule has 0 aromatic carbocycles. The van der Waals surface area contributed by atoms with Crippen LogP contribution in [0.2, 0.25) is 0 Å². The van der Waals surface area contributed by atoms with Gasteiger partial charge in [0.15, 0.2) is 0 Å². The van der Waals surface area contributed by atoms with Gasteiger partial charge in [-0.1, -0.05) is 0 Å². The molecule has 1 saturated heterocycles. The number of aryl methyl sites for hydroxylation is 1. The number of aromatic nitrogens is 4. The topological polar surface area (TPSA) is 50.1 Å². The number of anilines is 1. The number of hydrogen-bond donors (Lipinski definition) is 0. The number of nitrogens with zero attached hydrogens (tertiary/aromatic N) is 6. The molecule has 0 aliphatic carbocycles. The third-order valence-electron chi connectivity index (χ3n) is 4.32. The minimum atomic E-state index is -4.35. The van der Waals surface area contributed by atoms with Crippen LogP contribution in [-0.4, -0.2) is 50.8 Å². The summed E-state index contributed by atoms with van der Waals surface area (Å²) >= 11 is 0. The van der Waals surface area contributed by atoms with Gasteiger partial charge in [0.25, 0.3) is 0 Å². The number of alkyl halides is 3. The van der Waals surface area contributed by atoms with Crippen molar-refractivity contribution >= 4 is 5.82 Å². The van der Waals surface area contributed by atoms with Crippen molar-refractivity contribution in [3.8, 4) is 0 Å². The highest BCUT2D eigenvalue weighted by molar-refractivity contribution is 5.40. The first-order chi connectivity index (χ1) is 11.3. The van der Waals surface area contributed by atoms with Gasteiger partial charge < -0.3 is 9.47 Å². The number of hydrogen-bond acceptors (Lipinski definition) is 5. The Labute approximate surface area is 137 Å². The van der Waals surface area contributed by atoms with Crippen molar-refractivity contribution in [1.29, 1.82) is 0 Å². The molecule has 9 heteroatoms. The number of pyridine rings is 1. The molecule has 0 spiro atoms. The average molecular weight is 340 g/mol. The van der Waals surface area contributed by atoms with Gasteiger partial charge in [-0.3, -0.25) is 4.90 Å². The van der Waals surface area contributed by atoms with Gasteiger partial charge in [-0.25, -0.2) is 4.98 Å². The van der Waals surface area contributed by atoms with Crippen LogP contribution >= 0.6 is 0 Å². The smallest absolute Gasteiger partial charge is 0.354 e. The fourth-order valence-electron chi connectivity index (χ4n) is 2.66. The fraction of sp³-hybridized carbons (Fsp3) is 0.533. The molecule has 0 bridgehead atoms. The molecule has 24 heavy (non-hydrogen) atoms. The van der Waals surface area contributed by atoms with Crippen LogP contribution in [-0.2, 0) is 19.8 Å². The summed E-state index contributed by atoms with van der Waals surface area (Å²) in [6.07, 6.45) is -3.46. The minimum absolute atomic E-state index is 0.581. The quantitative estimate of drug-likeness (QED) is 0.854. The lowest BCUT2D eigenvalue weighted by molar-refractivity contribution is -0.137. The molecule has 0 N–H and O–H groups in total. The lowest BCUT2D eigenvalue weighted by atomic mass is 10.2. The van der Waals surface area contributed by atoms with Crippen LogP contribution in [0, 0.1) is 6.92 Å². The first-order valence-corrected chi connectivity index (χ1v) is 7.70. The largest absolute Gasteiger partial charge is 0.417 e. The average Bonchev–Trinajstić information content (AvgIpc) is 2.87. The van der Waals surface area contributed by atoms with Crippen LogP contribution in [0.5, 0.6) is 0 Å². The molecule has 1 aliphatic heterocycles. The Morgan fingerprint density at radius 3 is 2.29 bits per heavy atom. The second-order valence-electron chi connectivity index (χ2n) is 5.89. The Hall–Kier alpha value is -2.16. The summed E-state index contributed by atoms with van der Waals surface area (Å²) in [6, 6.07) is 2.52. The molecule has 0 atom stereocenters. The summed E-state index contributed by atoms with van der Waals surface area (Å²) in [4.78, 5) is 8.21. The monoisotopic (exact) mass is 340 g/mol. The maximum Gasteiger partial charge on any atom is 0.417 e. The van der Waals surface area contributed by atoms with Crippen molar-refractivity contribution < 1.29 is 13.2 Å². The van der Waals surface area contributed by atoms with Crippen LogP contribution in [0.3, 0.4) is 0 Å². The van der Waals surface area contributed by atoms with Gasteiger partial charge >= 0.3 is 6.18 Å². The van der Waals surface area contributed by atoms with E-state index in [1.807, 2.05) is 23.4 Å². The molecule has 2 aromatic rings. The lowest BCUT2D eigenvalue weighted by Gasteiger charge is -2.35. The second-order valence-corrected chi connectivity index (χ2v) is 5.89. The molecular formula is C15H19F3N6. The van der Waals surface area contributed by atoms with Gasteiger partial charge in [-0.15, -0.1) is 10.2 Å². The van der Waals surface area contributed by atoms with Crippen molar-refractivity contribution in [1.82, 2.24) is 24.6 Å². The van der Waals surface area contributed by atoms with Crippen molar-refractivity contribution in [3.05, 3.63) is 35.5 Å². The summed E-state index contributed by atoms with van der Waals surface area (Å²) in [5.41, 5.74) is -0.720. The summed E-state index contributed by atoms with van der Waals surface area (Å²) in [7, 11) is 1.94. The summed E-state index contributed by atoms with van der Waals surface area (Å²) < 4.78 is 39.7. The van der Waals surface area contributed by atoms with Crippen LogP contribution in [0.4, 0.5) is 19.0 Å². The normalized spacial score (nSPS) is 16.6. The van der Waals surface area contributed by atoms with Gasteiger partial charge in [-0.2, -0.15) is 13.2 Å². The number of halogens is 3. The van der Waals surface area contributed by atoms with E-state index in [9.17, 15) is 13.2 Å². The van der Waals surface area contributed by atoms with Gasteiger partial charge in [0.1, 0.15) is 17.5 Å². The van der Waals surface area contributed by atoms with Crippen molar-refractivity contribution in [2.75, 3.05) is 31.1 Å². The molecule has 0 amide bonds. The van der Waals surface area contributed by atoms with Gasteiger partial charge in [-0.05, 0) is 19.1 Å². The predicted octanol–water partition coefficient (Wildman–Crippen LogP) is 1.86. The van der Waals surface area contributed by atoms with Gasteiger partial charge in [0, 0.05) is 39.4 Å². The first-order valence-electron chi connectivity index (χ1n) is 7.70. The van der Waals surface area contributed by atoms with E-state index in [4.69, 9.17) is 0 Å². The van der Waals surface area contributed by atoms with Crippen molar-refractivity contribution in [2.45, 2.75) is 19.6 Å². The highest BCUT2D eigenvalue weighted by Crippen LogP contribution is 2.29. The standard InChI is InChI=1S/C15H19F3N6/c1-11-20-21-14(22(11)2)10-23-5-7-24(8-6-23)13-4-3-12(9-19-13)15(16,17)18/h3-4,9H,5-8,10H2,1-2H3. The molecule has 0 saturated carbocycles. The molecule has 1 aliphatic rings. The Morgan fingerprint density at radius 1 is 1.08 bits per heavy atom. The Morgan fingerprint density at radius 2 is 1.79 bits per heavy atom. The summed E-state index contributed by atoms with van der Waals surface area (Å²) in [6.45, 7) is 5.66. The van der Waals surface area contributed by atoms with Crippen LogP contribution < -0.4 is 4.90 Å². The van der Waals surface area contributed by atoms with Crippen molar-refractivity contribution in [2.24, 2.45) is 7.05 Å². The van der Waals surface area contributed by atoms with Crippen LogP contribution in [0.25, 0.3) is 0 Å². The maximum absolute atomic E-state index is 12.6.